The van der Waals surface area contributed by atoms with Gasteiger partial charge in [0.15, 0.2) is 5.16 Å². The molecule has 1 heterocycles. The Morgan fingerprint density at radius 2 is 2.00 bits per heavy atom. The number of nitrogens with zero attached hydrogens (tertiary/aromatic N) is 3. The molecule has 1 aromatic heterocycles. The van der Waals surface area contributed by atoms with Gasteiger partial charge in [0.1, 0.15) is 11.6 Å². The van der Waals surface area contributed by atoms with E-state index < -0.39 is 11.1 Å². The van der Waals surface area contributed by atoms with Crippen LogP contribution in [0, 0.1) is 5.82 Å². The highest BCUT2D eigenvalue weighted by molar-refractivity contribution is 8.00. The van der Waals surface area contributed by atoms with Gasteiger partial charge < -0.3 is 9.88 Å². The topological polar surface area (TPSA) is 59.8 Å². The molecule has 0 aliphatic carbocycles. The van der Waals surface area contributed by atoms with E-state index in [1.54, 1.807) is 6.92 Å². The monoisotopic (exact) mass is 404 g/mol. The molecule has 0 unspecified atom stereocenters. The lowest BCUT2D eigenvalue weighted by Gasteiger charge is -2.12. The molecule has 0 aliphatic heterocycles. The number of aromatic nitrogens is 3. The number of nitrogens with one attached hydrogen (secondary N) is 1. The Kier molecular flexibility index (Phi) is 6.13. The summed E-state index contributed by atoms with van der Waals surface area (Å²) >= 11 is 7.25. The predicted octanol–water partition coefficient (Wildman–Crippen LogP) is 4.32. The lowest BCUT2D eigenvalue weighted by atomic mass is 10.1. The summed E-state index contributed by atoms with van der Waals surface area (Å²) in [6.07, 6.45) is 0.663. The van der Waals surface area contributed by atoms with Gasteiger partial charge in [-0.3, -0.25) is 4.79 Å². The molecule has 1 amide bonds. The molecule has 1 N–H and O–H groups in total. The van der Waals surface area contributed by atoms with Gasteiger partial charge in [-0.05, 0) is 30.7 Å². The number of hydrogen-bond donors (Lipinski definition) is 1. The maximum absolute atomic E-state index is 13.1. The Hall–Kier alpha value is -2.38. The SMILES string of the molecule is C[C@H](Sc1nnc(Cc2ccccc2)n1C)C(=O)Nc1ccc(F)cc1Cl. The molecule has 0 bridgehead atoms. The van der Waals surface area contributed by atoms with Crippen LogP contribution in [0.1, 0.15) is 18.3 Å². The minimum absolute atomic E-state index is 0.157. The molecule has 27 heavy (non-hydrogen) atoms. The van der Waals surface area contributed by atoms with Crippen LogP contribution in [0.15, 0.2) is 53.7 Å². The van der Waals surface area contributed by atoms with Crippen molar-refractivity contribution in [2.75, 3.05) is 5.32 Å². The van der Waals surface area contributed by atoms with Crippen molar-refractivity contribution in [3.8, 4) is 0 Å². The fraction of sp³-hybridized carbons (Fsp3) is 0.211. The van der Waals surface area contributed by atoms with Crippen LogP contribution in [-0.2, 0) is 18.3 Å². The zero-order chi connectivity index (χ0) is 19.4. The molecule has 0 saturated carbocycles. The Labute approximate surface area is 166 Å². The van der Waals surface area contributed by atoms with Crippen LogP contribution in [-0.4, -0.2) is 25.9 Å². The van der Waals surface area contributed by atoms with Crippen molar-refractivity contribution in [3.05, 3.63) is 70.8 Å². The summed E-state index contributed by atoms with van der Waals surface area (Å²) in [6, 6.07) is 13.8. The van der Waals surface area contributed by atoms with Crippen LogP contribution in [0.2, 0.25) is 5.02 Å². The van der Waals surface area contributed by atoms with Gasteiger partial charge in [-0.1, -0.05) is 53.7 Å². The van der Waals surface area contributed by atoms with Crippen molar-refractivity contribution in [2.45, 2.75) is 23.8 Å². The average molecular weight is 405 g/mol. The summed E-state index contributed by atoms with van der Waals surface area (Å²) in [4.78, 5) is 12.4. The van der Waals surface area contributed by atoms with Crippen molar-refractivity contribution in [1.82, 2.24) is 14.8 Å². The molecule has 140 valence electrons. The van der Waals surface area contributed by atoms with E-state index in [2.05, 4.69) is 15.5 Å². The van der Waals surface area contributed by atoms with Crippen LogP contribution < -0.4 is 5.32 Å². The molecule has 0 fully saturated rings. The first-order chi connectivity index (χ1) is 12.9. The molecular formula is C19H18ClFN4OS. The van der Waals surface area contributed by atoms with E-state index in [0.717, 1.165) is 17.5 Å². The van der Waals surface area contributed by atoms with Crippen molar-refractivity contribution in [3.63, 3.8) is 0 Å². The molecule has 0 aliphatic rings. The minimum Gasteiger partial charge on any atom is -0.324 e. The van der Waals surface area contributed by atoms with Gasteiger partial charge >= 0.3 is 0 Å². The molecule has 1 atom stereocenters. The average Bonchev–Trinajstić information content (AvgIpc) is 2.98. The fourth-order valence-electron chi connectivity index (χ4n) is 2.42. The van der Waals surface area contributed by atoms with E-state index >= 15 is 0 Å². The van der Waals surface area contributed by atoms with E-state index in [-0.39, 0.29) is 10.9 Å². The molecule has 0 saturated heterocycles. The van der Waals surface area contributed by atoms with E-state index in [0.29, 0.717) is 17.3 Å². The normalized spacial score (nSPS) is 12.0. The first kappa shape index (κ1) is 19.4. The molecule has 0 spiro atoms. The summed E-state index contributed by atoms with van der Waals surface area (Å²) in [5.74, 6) is 0.115. The van der Waals surface area contributed by atoms with E-state index in [4.69, 9.17) is 11.6 Å². The van der Waals surface area contributed by atoms with Crippen LogP contribution in [0.4, 0.5) is 10.1 Å². The zero-order valence-corrected chi connectivity index (χ0v) is 16.4. The third-order valence-electron chi connectivity index (χ3n) is 3.97. The van der Waals surface area contributed by atoms with Gasteiger partial charge in [-0.15, -0.1) is 10.2 Å². The summed E-state index contributed by atoms with van der Waals surface area (Å²) in [5, 5.41) is 11.5. The summed E-state index contributed by atoms with van der Waals surface area (Å²) < 4.78 is 15.0. The second-order valence-electron chi connectivity index (χ2n) is 5.99. The van der Waals surface area contributed by atoms with Gasteiger partial charge in [-0.25, -0.2) is 4.39 Å². The van der Waals surface area contributed by atoms with Gasteiger partial charge in [0.05, 0.1) is 16.0 Å². The molecule has 8 heteroatoms. The highest BCUT2D eigenvalue weighted by Crippen LogP contribution is 2.26. The fourth-order valence-corrected chi connectivity index (χ4v) is 3.47. The maximum Gasteiger partial charge on any atom is 0.237 e. The molecule has 2 aromatic carbocycles. The first-order valence-electron chi connectivity index (χ1n) is 8.29. The Morgan fingerprint density at radius 1 is 1.26 bits per heavy atom. The van der Waals surface area contributed by atoms with Crippen molar-refractivity contribution in [2.24, 2.45) is 7.05 Å². The van der Waals surface area contributed by atoms with Crippen LogP contribution in [0.3, 0.4) is 0 Å². The number of hydrogen-bond acceptors (Lipinski definition) is 4. The summed E-state index contributed by atoms with van der Waals surface area (Å²) in [5.41, 5.74) is 1.51. The molecule has 0 radical (unpaired) electrons. The lowest BCUT2D eigenvalue weighted by Crippen LogP contribution is -2.23. The number of benzene rings is 2. The van der Waals surface area contributed by atoms with Crippen LogP contribution >= 0.6 is 23.4 Å². The van der Waals surface area contributed by atoms with Gasteiger partial charge in [0.2, 0.25) is 5.91 Å². The number of thioether (sulfide) groups is 1. The van der Waals surface area contributed by atoms with Gasteiger partial charge in [0, 0.05) is 13.5 Å². The number of carbonyl (C=O) groups excluding carboxylic acids is 1. The Bertz CT molecular complexity index is 948. The number of amides is 1. The van der Waals surface area contributed by atoms with Crippen molar-refractivity contribution >= 4 is 35.0 Å². The molecule has 3 rings (SSSR count). The highest BCUT2D eigenvalue weighted by Gasteiger charge is 2.20. The predicted molar refractivity (Wildman–Crippen MR) is 106 cm³/mol. The largest absolute Gasteiger partial charge is 0.324 e. The van der Waals surface area contributed by atoms with E-state index in [9.17, 15) is 9.18 Å². The Morgan fingerprint density at radius 3 is 2.70 bits per heavy atom. The zero-order valence-electron chi connectivity index (χ0n) is 14.8. The Balaban J connectivity index is 1.65. The molecule has 5 nitrogen and oxygen atoms in total. The highest BCUT2D eigenvalue weighted by atomic mass is 35.5. The first-order valence-corrected chi connectivity index (χ1v) is 9.54. The smallest absolute Gasteiger partial charge is 0.237 e. The van der Waals surface area contributed by atoms with Crippen molar-refractivity contribution < 1.29 is 9.18 Å². The van der Waals surface area contributed by atoms with Gasteiger partial charge in [-0.2, -0.15) is 0 Å². The maximum atomic E-state index is 13.1. The second kappa shape index (κ2) is 8.54. The lowest BCUT2D eigenvalue weighted by molar-refractivity contribution is -0.115. The van der Waals surface area contributed by atoms with Crippen LogP contribution in [0.5, 0.6) is 0 Å². The molecular weight excluding hydrogens is 387 g/mol. The van der Waals surface area contributed by atoms with Crippen molar-refractivity contribution in [1.29, 1.82) is 0 Å². The third kappa shape index (κ3) is 4.87. The van der Waals surface area contributed by atoms with Crippen LogP contribution in [0.25, 0.3) is 0 Å². The standard InChI is InChI=1S/C19H18ClFN4OS/c1-12(18(26)22-16-9-8-14(21)11-15(16)20)27-19-24-23-17(25(19)2)10-13-6-4-3-5-7-13/h3-9,11-12H,10H2,1-2H3,(H,22,26)/t12-/m0/s1. The summed E-state index contributed by atoms with van der Waals surface area (Å²) in [7, 11) is 1.88. The number of anilines is 1. The van der Waals surface area contributed by atoms with Gasteiger partial charge in [0.25, 0.3) is 0 Å². The quantitative estimate of drug-likeness (QED) is 0.621. The number of halogens is 2. The summed E-state index contributed by atoms with van der Waals surface area (Å²) in [6.45, 7) is 1.77. The van der Waals surface area contributed by atoms with E-state index in [1.807, 2.05) is 41.9 Å². The van der Waals surface area contributed by atoms with E-state index in [1.165, 1.54) is 23.9 Å². The number of carbonyl (C=O) groups is 1. The number of rotatable bonds is 6. The molecule has 3 aromatic rings. The minimum atomic E-state index is -0.453. The second-order valence-corrected chi connectivity index (χ2v) is 7.71. The third-order valence-corrected chi connectivity index (χ3v) is 5.42.